The fraction of sp³-hybridized carbons (Fsp3) is 0.381. The molecule has 0 unspecified atom stereocenters. The van der Waals surface area contributed by atoms with Crippen molar-refractivity contribution in [1.29, 1.82) is 0 Å². The van der Waals surface area contributed by atoms with Gasteiger partial charge in [0.05, 0.1) is 11.4 Å². The van der Waals surface area contributed by atoms with Crippen LogP contribution in [0.1, 0.15) is 36.6 Å². The first-order valence-corrected chi connectivity index (χ1v) is 9.82. The Morgan fingerprint density at radius 3 is 2.82 bits per heavy atom. The molecule has 0 atom stereocenters. The maximum absolute atomic E-state index is 11.9. The number of aryl methyl sites for hydroxylation is 2. The molecule has 0 radical (unpaired) electrons. The molecule has 0 saturated heterocycles. The van der Waals surface area contributed by atoms with Crippen molar-refractivity contribution in [2.24, 2.45) is 0 Å². The second-order valence-corrected chi connectivity index (χ2v) is 7.26. The molecule has 6 nitrogen and oxygen atoms in total. The maximum atomic E-state index is 11.9. The Kier molecular flexibility index (Phi) is 6.19. The van der Waals surface area contributed by atoms with E-state index >= 15 is 0 Å². The quantitative estimate of drug-likeness (QED) is 0.600. The number of pyridine rings is 1. The summed E-state index contributed by atoms with van der Waals surface area (Å²) >= 11 is 6.29. The molecule has 0 spiro atoms. The minimum absolute atomic E-state index is 0.0645. The first kappa shape index (κ1) is 20.1. The molecule has 3 aromatic rings. The van der Waals surface area contributed by atoms with Crippen LogP contribution in [-0.4, -0.2) is 33.8 Å². The smallest absolute Gasteiger partial charge is 0.258 e. The van der Waals surface area contributed by atoms with Gasteiger partial charge in [-0.15, -0.1) is 0 Å². The van der Waals surface area contributed by atoms with Gasteiger partial charge in [-0.2, -0.15) is 10.1 Å². The first-order chi connectivity index (χ1) is 13.4. The van der Waals surface area contributed by atoms with E-state index in [2.05, 4.69) is 22.3 Å². The average molecular weight is 401 g/mol. The molecule has 0 saturated carbocycles. The molecule has 28 heavy (non-hydrogen) atoms. The predicted molar refractivity (Wildman–Crippen MR) is 111 cm³/mol. The molecular weight excluding hydrogens is 376 g/mol. The Hall–Kier alpha value is -2.60. The summed E-state index contributed by atoms with van der Waals surface area (Å²) in [6.45, 7) is 8.57. The van der Waals surface area contributed by atoms with Crippen molar-refractivity contribution >= 4 is 28.5 Å². The fourth-order valence-corrected chi connectivity index (χ4v) is 3.31. The van der Waals surface area contributed by atoms with Crippen molar-refractivity contribution in [1.82, 2.24) is 20.1 Å². The van der Waals surface area contributed by atoms with Crippen LogP contribution in [0.15, 0.2) is 24.3 Å². The Morgan fingerprint density at radius 1 is 1.29 bits per heavy atom. The van der Waals surface area contributed by atoms with E-state index in [0.717, 1.165) is 40.7 Å². The summed E-state index contributed by atoms with van der Waals surface area (Å²) in [6.07, 6.45) is 1.98. The molecule has 0 fully saturated rings. The number of hydrogen-bond acceptors (Lipinski definition) is 4. The lowest BCUT2D eigenvalue weighted by Gasteiger charge is -2.10. The average Bonchev–Trinajstić information content (AvgIpc) is 2.99. The highest BCUT2D eigenvalue weighted by Crippen LogP contribution is 2.29. The number of halogens is 1. The molecule has 1 amide bonds. The number of ether oxygens (including phenoxy) is 1. The van der Waals surface area contributed by atoms with Crippen molar-refractivity contribution in [2.75, 3.05) is 13.2 Å². The number of fused-ring (bicyclic) bond motifs is 1. The summed E-state index contributed by atoms with van der Waals surface area (Å²) in [4.78, 5) is 16.5. The van der Waals surface area contributed by atoms with Gasteiger partial charge >= 0.3 is 0 Å². The first-order valence-electron chi connectivity index (χ1n) is 9.44. The number of amides is 1. The summed E-state index contributed by atoms with van der Waals surface area (Å²) in [5.74, 6) is 0.250. The minimum Gasteiger partial charge on any atom is -0.468 e. The predicted octanol–water partition coefficient (Wildman–Crippen LogP) is 4.29. The number of carbonyl (C=O) groups excluding carboxylic acids is 1. The third kappa shape index (κ3) is 4.12. The SMILES string of the molecule is CCCCNC(=O)COc1cc(C)c2c(C)nn(-c3cccc(Cl)c3C)c2n1. The van der Waals surface area contributed by atoms with E-state index in [1.54, 1.807) is 4.68 Å². The third-order valence-electron chi connectivity index (χ3n) is 4.66. The van der Waals surface area contributed by atoms with Crippen LogP contribution < -0.4 is 10.1 Å². The molecule has 0 aliphatic heterocycles. The molecule has 148 valence electrons. The van der Waals surface area contributed by atoms with E-state index in [4.69, 9.17) is 16.3 Å². The highest BCUT2D eigenvalue weighted by atomic mass is 35.5. The van der Waals surface area contributed by atoms with Crippen molar-refractivity contribution in [3.63, 3.8) is 0 Å². The van der Waals surface area contributed by atoms with Crippen LogP contribution in [0.5, 0.6) is 5.88 Å². The van der Waals surface area contributed by atoms with E-state index in [1.165, 1.54) is 0 Å². The second kappa shape index (κ2) is 8.61. The minimum atomic E-state index is -0.150. The highest BCUT2D eigenvalue weighted by molar-refractivity contribution is 6.31. The van der Waals surface area contributed by atoms with E-state index in [0.29, 0.717) is 23.1 Å². The van der Waals surface area contributed by atoms with Gasteiger partial charge in [-0.3, -0.25) is 4.79 Å². The highest BCUT2D eigenvalue weighted by Gasteiger charge is 2.17. The molecule has 0 aliphatic rings. The van der Waals surface area contributed by atoms with Gasteiger partial charge in [0, 0.05) is 23.0 Å². The summed E-state index contributed by atoms with van der Waals surface area (Å²) in [7, 11) is 0. The van der Waals surface area contributed by atoms with Gasteiger partial charge in [-0.05, 0) is 50.5 Å². The monoisotopic (exact) mass is 400 g/mol. The topological polar surface area (TPSA) is 69.0 Å². The number of hydrogen-bond donors (Lipinski definition) is 1. The van der Waals surface area contributed by atoms with Crippen molar-refractivity contribution in [3.8, 4) is 11.6 Å². The van der Waals surface area contributed by atoms with E-state index in [9.17, 15) is 4.79 Å². The number of nitrogens with zero attached hydrogens (tertiary/aromatic N) is 3. The third-order valence-corrected chi connectivity index (χ3v) is 5.07. The molecule has 2 heterocycles. The number of carbonyl (C=O) groups is 1. The van der Waals surface area contributed by atoms with Crippen LogP contribution in [-0.2, 0) is 4.79 Å². The second-order valence-electron chi connectivity index (χ2n) is 6.85. The van der Waals surface area contributed by atoms with Crippen LogP contribution in [0.3, 0.4) is 0 Å². The standard InChI is InChI=1S/C21H25ClN4O2/c1-5-6-10-23-18(27)12-28-19-11-13(2)20-15(4)25-26(21(20)24-19)17-9-7-8-16(22)14(17)3/h7-9,11H,5-6,10,12H2,1-4H3,(H,23,27). The zero-order chi connectivity index (χ0) is 20.3. The number of rotatable bonds is 7. The molecule has 0 aliphatic carbocycles. The van der Waals surface area contributed by atoms with Gasteiger partial charge in [0.15, 0.2) is 12.3 Å². The van der Waals surface area contributed by atoms with Gasteiger partial charge in [0.1, 0.15) is 0 Å². The van der Waals surface area contributed by atoms with Gasteiger partial charge in [-0.25, -0.2) is 4.68 Å². The maximum Gasteiger partial charge on any atom is 0.258 e. The Balaban J connectivity index is 1.93. The number of nitrogens with one attached hydrogen (secondary N) is 1. The number of benzene rings is 1. The largest absolute Gasteiger partial charge is 0.468 e. The molecule has 1 N–H and O–H groups in total. The molecule has 7 heteroatoms. The van der Waals surface area contributed by atoms with Crippen LogP contribution in [0.2, 0.25) is 5.02 Å². The van der Waals surface area contributed by atoms with Crippen molar-refractivity contribution in [2.45, 2.75) is 40.5 Å². The lowest BCUT2D eigenvalue weighted by atomic mass is 10.1. The summed E-state index contributed by atoms with van der Waals surface area (Å²) in [5, 5.41) is 9.15. The molecule has 2 aromatic heterocycles. The lowest BCUT2D eigenvalue weighted by Crippen LogP contribution is -2.29. The van der Waals surface area contributed by atoms with Gasteiger partial charge in [-0.1, -0.05) is 31.0 Å². The number of unbranched alkanes of at least 4 members (excludes halogenated alkanes) is 1. The van der Waals surface area contributed by atoms with Gasteiger partial charge in [0.2, 0.25) is 5.88 Å². The zero-order valence-corrected chi connectivity index (χ0v) is 17.4. The van der Waals surface area contributed by atoms with Gasteiger partial charge < -0.3 is 10.1 Å². The van der Waals surface area contributed by atoms with Crippen LogP contribution in [0, 0.1) is 20.8 Å². The Bertz CT molecular complexity index is 1010. The summed E-state index contributed by atoms with van der Waals surface area (Å²) in [6, 6.07) is 7.54. The fourth-order valence-electron chi connectivity index (χ4n) is 3.14. The lowest BCUT2D eigenvalue weighted by molar-refractivity contribution is -0.123. The Morgan fingerprint density at radius 2 is 2.07 bits per heavy atom. The summed E-state index contributed by atoms with van der Waals surface area (Å²) < 4.78 is 7.44. The van der Waals surface area contributed by atoms with Gasteiger partial charge in [0.25, 0.3) is 5.91 Å². The van der Waals surface area contributed by atoms with Crippen LogP contribution in [0.25, 0.3) is 16.7 Å². The summed E-state index contributed by atoms with van der Waals surface area (Å²) in [5.41, 5.74) is 4.35. The van der Waals surface area contributed by atoms with Crippen molar-refractivity contribution < 1.29 is 9.53 Å². The molecular formula is C21H25ClN4O2. The van der Waals surface area contributed by atoms with E-state index in [-0.39, 0.29) is 12.5 Å². The number of aromatic nitrogens is 3. The zero-order valence-electron chi connectivity index (χ0n) is 16.7. The van der Waals surface area contributed by atoms with E-state index in [1.807, 2.05) is 45.0 Å². The molecule has 1 aromatic carbocycles. The van der Waals surface area contributed by atoms with E-state index < -0.39 is 0 Å². The Labute approximate surface area is 169 Å². The van der Waals surface area contributed by atoms with Crippen LogP contribution in [0.4, 0.5) is 0 Å². The van der Waals surface area contributed by atoms with Crippen LogP contribution >= 0.6 is 11.6 Å². The normalized spacial score (nSPS) is 11.0. The van der Waals surface area contributed by atoms with Crippen molar-refractivity contribution in [3.05, 3.63) is 46.1 Å². The molecule has 0 bridgehead atoms. The molecule has 3 rings (SSSR count).